The van der Waals surface area contributed by atoms with Crippen LogP contribution in [-0.4, -0.2) is 16.9 Å². The van der Waals surface area contributed by atoms with E-state index in [1.165, 1.54) is 30.3 Å². The lowest BCUT2D eigenvalue weighted by atomic mass is 10.1. The lowest BCUT2D eigenvalue weighted by molar-refractivity contribution is -0.117. The first-order chi connectivity index (χ1) is 11.3. The van der Waals surface area contributed by atoms with Crippen LogP contribution in [0.5, 0.6) is 5.75 Å². The lowest BCUT2D eigenvalue weighted by Crippen LogP contribution is -2.35. The van der Waals surface area contributed by atoms with Gasteiger partial charge in [-0.25, -0.2) is 5.01 Å². The third kappa shape index (κ3) is 3.09. The van der Waals surface area contributed by atoms with Crippen molar-refractivity contribution in [1.29, 1.82) is 0 Å². The minimum Gasteiger partial charge on any atom is -0.507 e. The first-order valence-electron chi connectivity index (χ1n) is 6.98. The number of benzene rings is 2. The summed E-state index contributed by atoms with van der Waals surface area (Å²) in [5.74, 6) is -1.14. The Balaban J connectivity index is 2.00. The highest BCUT2D eigenvalue weighted by molar-refractivity contribution is 6.36. The van der Waals surface area contributed by atoms with E-state index < -0.39 is 11.8 Å². The summed E-state index contributed by atoms with van der Waals surface area (Å²) in [5, 5.41) is 11.6. The van der Waals surface area contributed by atoms with Crippen LogP contribution >= 0.6 is 23.2 Å². The molecule has 0 bridgehead atoms. The summed E-state index contributed by atoms with van der Waals surface area (Å²) in [4.78, 5) is 24.7. The Labute approximate surface area is 148 Å². The van der Waals surface area contributed by atoms with Crippen molar-refractivity contribution in [1.82, 2.24) is 5.43 Å². The Hall–Kier alpha value is -2.50. The number of aryl methyl sites for hydroxylation is 1. The van der Waals surface area contributed by atoms with Gasteiger partial charge in [0, 0.05) is 15.6 Å². The van der Waals surface area contributed by atoms with Crippen molar-refractivity contribution < 1.29 is 14.7 Å². The fraction of sp³-hybridized carbons (Fsp3) is 0.0588. The molecular weight excluding hydrogens is 351 g/mol. The molecule has 3 rings (SSSR count). The predicted octanol–water partition coefficient (Wildman–Crippen LogP) is 3.47. The van der Waals surface area contributed by atoms with Gasteiger partial charge in [-0.15, -0.1) is 0 Å². The van der Waals surface area contributed by atoms with E-state index in [4.69, 9.17) is 23.2 Å². The summed E-state index contributed by atoms with van der Waals surface area (Å²) >= 11 is 11.9. The second-order valence-corrected chi connectivity index (χ2v) is 6.20. The Morgan fingerprint density at radius 2 is 1.75 bits per heavy atom. The maximum atomic E-state index is 12.5. The normalized spacial score (nSPS) is 16.0. The molecular formula is C17H12Cl2N2O3. The van der Waals surface area contributed by atoms with Crippen molar-refractivity contribution in [3.63, 3.8) is 0 Å². The van der Waals surface area contributed by atoms with Crippen LogP contribution in [-0.2, 0) is 9.59 Å². The minimum absolute atomic E-state index is 0.0158. The van der Waals surface area contributed by atoms with E-state index in [0.29, 0.717) is 21.3 Å². The Morgan fingerprint density at radius 3 is 2.42 bits per heavy atom. The van der Waals surface area contributed by atoms with Gasteiger partial charge in [0.25, 0.3) is 11.8 Å². The third-order valence-corrected chi connectivity index (χ3v) is 3.92. The number of phenols is 1. The van der Waals surface area contributed by atoms with Gasteiger partial charge in [-0.2, -0.15) is 0 Å². The van der Waals surface area contributed by atoms with E-state index in [9.17, 15) is 14.7 Å². The number of phenolic OH excluding ortho intramolecular Hbond substituents is 1. The standard InChI is InChI=1S/C17H12Cl2N2O3/c1-9-2-3-15(22)10(4-9)5-14-16(23)20-21(17(14)24)13-7-11(18)6-12(19)8-13/h2-8,22H,1H3,(H,20,23). The first-order valence-corrected chi connectivity index (χ1v) is 7.73. The number of anilines is 1. The molecule has 24 heavy (non-hydrogen) atoms. The number of rotatable bonds is 2. The zero-order valence-corrected chi connectivity index (χ0v) is 14.0. The van der Waals surface area contributed by atoms with E-state index in [0.717, 1.165) is 10.6 Å². The number of hydrogen-bond acceptors (Lipinski definition) is 3. The number of hydrazine groups is 1. The van der Waals surface area contributed by atoms with Crippen molar-refractivity contribution in [2.75, 3.05) is 5.01 Å². The fourth-order valence-corrected chi connectivity index (χ4v) is 2.87. The predicted molar refractivity (Wildman–Crippen MR) is 92.9 cm³/mol. The van der Waals surface area contributed by atoms with Crippen molar-refractivity contribution >= 4 is 46.8 Å². The number of carbonyl (C=O) groups excluding carboxylic acids is 2. The summed E-state index contributed by atoms with van der Waals surface area (Å²) in [7, 11) is 0. The molecule has 2 amide bonds. The van der Waals surface area contributed by atoms with Crippen molar-refractivity contribution in [3.8, 4) is 5.75 Å². The molecule has 0 radical (unpaired) electrons. The molecule has 1 aliphatic rings. The molecule has 0 aromatic heterocycles. The van der Waals surface area contributed by atoms with Crippen LogP contribution in [0.2, 0.25) is 10.0 Å². The summed E-state index contributed by atoms with van der Waals surface area (Å²) in [6.07, 6.45) is 1.35. The van der Waals surface area contributed by atoms with Gasteiger partial charge in [-0.3, -0.25) is 15.0 Å². The van der Waals surface area contributed by atoms with Crippen LogP contribution in [0, 0.1) is 6.92 Å². The second kappa shape index (κ2) is 6.19. The van der Waals surface area contributed by atoms with E-state index in [1.54, 1.807) is 12.1 Å². The average Bonchev–Trinajstić information content (AvgIpc) is 2.78. The van der Waals surface area contributed by atoms with Gasteiger partial charge >= 0.3 is 0 Å². The molecule has 1 saturated heterocycles. The molecule has 7 heteroatoms. The zero-order valence-electron chi connectivity index (χ0n) is 12.5. The number of hydrogen-bond donors (Lipinski definition) is 2. The summed E-state index contributed by atoms with van der Waals surface area (Å²) in [6, 6.07) is 9.47. The summed E-state index contributed by atoms with van der Waals surface area (Å²) < 4.78 is 0. The third-order valence-electron chi connectivity index (χ3n) is 3.48. The first kappa shape index (κ1) is 16.4. The molecule has 1 aliphatic heterocycles. The van der Waals surface area contributed by atoms with E-state index in [2.05, 4.69) is 5.43 Å². The van der Waals surface area contributed by atoms with E-state index >= 15 is 0 Å². The minimum atomic E-state index is -0.572. The van der Waals surface area contributed by atoms with Crippen LogP contribution in [0.25, 0.3) is 6.08 Å². The van der Waals surface area contributed by atoms with Crippen molar-refractivity contribution in [3.05, 3.63) is 63.1 Å². The molecule has 0 atom stereocenters. The molecule has 2 aromatic rings. The van der Waals surface area contributed by atoms with Crippen LogP contribution in [0.1, 0.15) is 11.1 Å². The van der Waals surface area contributed by atoms with Crippen LogP contribution < -0.4 is 10.4 Å². The molecule has 2 N–H and O–H groups in total. The van der Waals surface area contributed by atoms with Gasteiger partial charge in [0.2, 0.25) is 0 Å². The number of halogens is 2. The van der Waals surface area contributed by atoms with Crippen LogP contribution in [0.3, 0.4) is 0 Å². The molecule has 1 fully saturated rings. The smallest absolute Gasteiger partial charge is 0.282 e. The van der Waals surface area contributed by atoms with E-state index in [-0.39, 0.29) is 11.3 Å². The highest BCUT2D eigenvalue weighted by Crippen LogP contribution is 2.29. The largest absolute Gasteiger partial charge is 0.507 e. The van der Waals surface area contributed by atoms with Gasteiger partial charge < -0.3 is 5.11 Å². The highest BCUT2D eigenvalue weighted by Gasteiger charge is 2.34. The number of nitrogens with zero attached hydrogens (tertiary/aromatic N) is 1. The number of carbonyl (C=O) groups is 2. The van der Waals surface area contributed by atoms with Gasteiger partial charge in [0.05, 0.1) is 5.69 Å². The monoisotopic (exact) mass is 362 g/mol. The maximum absolute atomic E-state index is 12.5. The van der Waals surface area contributed by atoms with Crippen molar-refractivity contribution in [2.45, 2.75) is 6.92 Å². The quantitative estimate of drug-likeness (QED) is 0.634. The topological polar surface area (TPSA) is 69.6 Å². The fourth-order valence-electron chi connectivity index (χ4n) is 2.35. The Morgan fingerprint density at radius 1 is 1.08 bits per heavy atom. The summed E-state index contributed by atoms with van der Waals surface area (Å²) in [6.45, 7) is 1.85. The zero-order chi connectivity index (χ0) is 17.4. The average molecular weight is 363 g/mol. The van der Waals surface area contributed by atoms with Crippen LogP contribution in [0.15, 0.2) is 42.0 Å². The van der Waals surface area contributed by atoms with Crippen molar-refractivity contribution in [2.24, 2.45) is 0 Å². The van der Waals surface area contributed by atoms with Gasteiger partial charge in [-0.05, 0) is 43.3 Å². The molecule has 0 saturated carbocycles. The summed E-state index contributed by atoms with van der Waals surface area (Å²) in [5.41, 5.74) is 4.00. The van der Waals surface area contributed by atoms with Crippen LogP contribution in [0.4, 0.5) is 5.69 Å². The molecule has 5 nitrogen and oxygen atoms in total. The molecule has 122 valence electrons. The second-order valence-electron chi connectivity index (χ2n) is 5.33. The van der Waals surface area contributed by atoms with Gasteiger partial charge in [0.1, 0.15) is 11.3 Å². The lowest BCUT2D eigenvalue weighted by Gasteiger charge is -2.15. The number of amides is 2. The van der Waals surface area contributed by atoms with Gasteiger partial charge in [0.15, 0.2) is 0 Å². The molecule has 0 unspecified atom stereocenters. The molecule has 2 aromatic carbocycles. The Bertz CT molecular complexity index is 873. The van der Waals surface area contributed by atoms with E-state index in [1.807, 2.05) is 6.92 Å². The van der Waals surface area contributed by atoms with Gasteiger partial charge in [-0.1, -0.05) is 34.8 Å². The number of nitrogens with one attached hydrogen (secondary N) is 1. The SMILES string of the molecule is Cc1ccc(O)c(C=C2C(=O)NN(c3cc(Cl)cc(Cl)c3)C2=O)c1. The highest BCUT2D eigenvalue weighted by atomic mass is 35.5. The Kier molecular flexibility index (Phi) is 4.22. The number of aromatic hydroxyl groups is 1. The maximum Gasteiger partial charge on any atom is 0.282 e. The molecule has 0 spiro atoms. The molecule has 0 aliphatic carbocycles. The molecule has 1 heterocycles.